The first-order valence-electron chi connectivity index (χ1n) is 5.31. The van der Waals surface area contributed by atoms with E-state index in [1.165, 1.54) is 0 Å². The topological polar surface area (TPSA) is 44.5 Å². The smallest absolute Gasteiger partial charge is 0.169 e. The Labute approximate surface area is 79.6 Å². The van der Waals surface area contributed by atoms with Crippen LogP contribution in [-0.2, 0) is 9.47 Å². The number of nitrogens with two attached hydrogens (primary N) is 1. The van der Waals surface area contributed by atoms with E-state index in [0.717, 1.165) is 38.7 Å². The lowest BCUT2D eigenvalue weighted by atomic mass is 9.91. The zero-order valence-corrected chi connectivity index (χ0v) is 8.29. The lowest BCUT2D eigenvalue weighted by Crippen LogP contribution is -2.40. The summed E-state index contributed by atoms with van der Waals surface area (Å²) < 4.78 is 11.7. The van der Waals surface area contributed by atoms with Gasteiger partial charge in [-0.3, -0.25) is 0 Å². The first-order chi connectivity index (χ1) is 6.24. The largest absolute Gasteiger partial charge is 0.347 e. The van der Waals surface area contributed by atoms with Crippen molar-refractivity contribution in [2.24, 2.45) is 5.73 Å². The molecule has 0 aromatic carbocycles. The van der Waals surface area contributed by atoms with Crippen LogP contribution in [-0.4, -0.2) is 24.5 Å². The Balaban J connectivity index is 1.92. The summed E-state index contributed by atoms with van der Waals surface area (Å²) in [5.41, 5.74) is 5.84. The van der Waals surface area contributed by atoms with Crippen molar-refractivity contribution < 1.29 is 9.47 Å². The van der Waals surface area contributed by atoms with E-state index in [4.69, 9.17) is 15.2 Å². The molecule has 1 saturated carbocycles. The van der Waals surface area contributed by atoms with Crippen molar-refractivity contribution in [3.8, 4) is 0 Å². The third-order valence-electron chi connectivity index (χ3n) is 3.16. The second kappa shape index (κ2) is 3.56. The van der Waals surface area contributed by atoms with E-state index in [1.54, 1.807) is 0 Å². The van der Waals surface area contributed by atoms with Crippen LogP contribution in [0.4, 0.5) is 0 Å². The molecule has 2 N–H and O–H groups in total. The van der Waals surface area contributed by atoms with E-state index >= 15 is 0 Å². The minimum atomic E-state index is -0.253. The van der Waals surface area contributed by atoms with E-state index in [9.17, 15) is 0 Å². The van der Waals surface area contributed by atoms with Gasteiger partial charge in [-0.2, -0.15) is 0 Å². The maximum atomic E-state index is 5.91. The summed E-state index contributed by atoms with van der Waals surface area (Å²) >= 11 is 0. The van der Waals surface area contributed by atoms with Crippen LogP contribution in [0.2, 0.25) is 0 Å². The molecule has 1 saturated heterocycles. The Hall–Kier alpha value is -0.120. The van der Waals surface area contributed by atoms with E-state index in [-0.39, 0.29) is 5.79 Å². The normalized spacial score (nSPS) is 45.7. The highest BCUT2D eigenvalue weighted by atomic mass is 16.7. The van der Waals surface area contributed by atoms with Crippen molar-refractivity contribution in [3.63, 3.8) is 0 Å². The molecule has 1 unspecified atom stereocenters. The van der Waals surface area contributed by atoms with E-state index < -0.39 is 0 Å². The quantitative estimate of drug-likeness (QED) is 0.671. The summed E-state index contributed by atoms with van der Waals surface area (Å²) in [5.74, 6) is -0.253. The average Bonchev–Trinajstić information content (AvgIpc) is 2.55. The Morgan fingerprint density at radius 1 is 1.38 bits per heavy atom. The van der Waals surface area contributed by atoms with Gasteiger partial charge < -0.3 is 15.2 Å². The van der Waals surface area contributed by atoms with Gasteiger partial charge in [0, 0.05) is 18.9 Å². The predicted molar refractivity (Wildman–Crippen MR) is 50.3 cm³/mol. The molecule has 1 heterocycles. The molecular formula is C10H19NO2. The minimum absolute atomic E-state index is 0.253. The molecule has 76 valence electrons. The monoisotopic (exact) mass is 185 g/mol. The molecule has 0 aromatic heterocycles. The first-order valence-corrected chi connectivity index (χ1v) is 5.31. The zero-order chi connectivity index (χ0) is 9.31. The van der Waals surface area contributed by atoms with Gasteiger partial charge in [0.05, 0.1) is 12.7 Å². The lowest BCUT2D eigenvalue weighted by molar-refractivity contribution is -0.188. The predicted octanol–water partition coefficient (Wildman–Crippen LogP) is 1.41. The van der Waals surface area contributed by atoms with Gasteiger partial charge in [-0.05, 0) is 19.3 Å². The third kappa shape index (κ3) is 1.87. The Morgan fingerprint density at radius 3 is 2.62 bits per heavy atom. The van der Waals surface area contributed by atoms with Gasteiger partial charge in [0.2, 0.25) is 0 Å². The molecule has 0 bridgehead atoms. The maximum Gasteiger partial charge on any atom is 0.169 e. The molecule has 1 spiro atoms. The van der Waals surface area contributed by atoms with Gasteiger partial charge in [-0.15, -0.1) is 0 Å². The number of ether oxygens (including phenoxy) is 2. The van der Waals surface area contributed by atoms with Crippen LogP contribution in [0.25, 0.3) is 0 Å². The maximum absolute atomic E-state index is 5.91. The van der Waals surface area contributed by atoms with Crippen molar-refractivity contribution in [3.05, 3.63) is 0 Å². The molecule has 1 atom stereocenters. The summed E-state index contributed by atoms with van der Waals surface area (Å²) in [7, 11) is 0. The van der Waals surface area contributed by atoms with E-state index in [0.29, 0.717) is 12.1 Å². The Bertz CT molecular complexity index is 176. The van der Waals surface area contributed by atoms with Gasteiger partial charge in [0.25, 0.3) is 0 Å². The van der Waals surface area contributed by atoms with Crippen LogP contribution in [0.5, 0.6) is 0 Å². The van der Waals surface area contributed by atoms with Crippen molar-refractivity contribution in [1.82, 2.24) is 0 Å². The molecule has 2 aliphatic rings. The fraction of sp³-hybridized carbons (Fsp3) is 1.00. The fourth-order valence-electron chi connectivity index (χ4n) is 2.16. The molecule has 3 nitrogen and oxygen atoms in total. The van der Waals surface area contributed by atoms with Crippen LogP contribution in [0.3, 0.4) is 0 Å². The Morgan fingerprint density at radius 2 is 2.08 bits per heavy atom. The fourth-order valence-corrected chi connectivity index (χ4v) is 2.16. The third-order valence-corrected chi connectivity index (χ3v) is 3.16. The van der Waals surface area contributed by atoms with Gasteiger partial charge in [0.15, 0.2) is 5.79 Å². The molecule has 1 aliphatic carbocycles. The van der Waals surface area contributed by atoms with E-state index in [2.05, 4.69) is 6.92 Å². The van der Waals surface area contributed by atoms with E-state index in [1.807, 2.05) is 0 Å². The van der Waals surface area contributed by atoms with Gasteiger partial charge in [0.1, 0.15) is 0 Å². The molecule has 1 aliphatic heterocycles. The summed E-state index contributed by atoms with van der Waals surface area (Å²) in [6.45, 7) is 2.91. The summed E-state index contributed by atoms with van der Waals surface area (Å²) in [6.07, 6.45) is 5.39. The molecule has 2 fully saturated rings. The molecule has 0 aromatic rings. The standard InChI is InChI=1S/C10H19NO2/c1-2-9-7-12-10(13-9)5-3-8(11)4-6-10/h8-9H,2-7,11H2,1H3. The second-order valence-corrected chi connectivity index (χ2v) is 4.21. The highest BCUT2D eigenvalue weighted by Gasteiger charge is 2.42. The first kappa shape index (κ1) is 9.44. The minimum Gasteiger partial charge on any atom is -0.347 e. The van der Waals surface area contributed by atoms with Crippen LogP contribution in [0.15, 0.2) is 0 Å². The SMILES string of the molecule is CCC1COC2(CCC(N)CC2)O1. The number of rotatable bonds is 1. The van der Waals surface area contributed by atoms with Crippen LogP contribution in [0, 0.1) is 0 Å². The molecule has 13 heavy (non-hydrogen) atoms. The highest BCUT2D eigenvalue weighted by Crippen LogP contribution is 2.37. The van der Waals surface area contributed by atoms with Crippen molar-refractivity contribution >= 4 is 0 Å². The Kier molecular flexibility index (Phi) is 2.58. The summed E-state index contributed by atoms with van der Waals surface area (Å²) in [5, 5.41) is 0. The second-order valence-electron chi connectivity index (χ2n) is 4.21. The van der Waals surface area contributed by atoms with Crippen molar-refractivity contribution in [2.45, 2.75) is 57.0 Å². The van der Waals surface area contributed by atoms with Crippen LogP contribution < -0.4 is 5.73 Å². The van der Waals surface area contributed by atoms with Crippen molar-refractivity contribution in [2.75, 3.05) is 6.61 Å². The molecule has 3 heteroatoms. The van der Waals surface area contributed by atoms with Gasteiger partial charge in [-0.1, -0.05) is 6.92 Å². The van der Waals surface area contributed by atoms with Crippen molar-refractivity contribution in [1.29, 1.82) is 0 Å². The van der Waals surface area contributed by atoms with Crippen LogP contribution >= 0.6 is 0 Å². The molecule has 0 amide bonds. The molecular weight excluding hydrogens is 166 g/mol. The van der Waals surface area contributed by atoms with Gasteiger partial charge in [-0.25, -0.2) is 0 Å². The zero-order valence-electron chi connectivity index (χ0n) is 8.29. The molecule has 0 radical (unpaired) electrons. The highest BCUT2D eigenvalue weighted by molar-refractivity contribution is 4.86. The summed E-state index contributed by atoms with van der Waals surface area (Å²) in [6, 6.07) is 0.360. The lowest BCUT2D eigenvalue weighted by Gasteiger charge is -2.34. The molecule has 2 rings (SSSR count). The van der Waals surface area contributed by atoms with Gasteiger partial charge >= 0.3 is 0 Å². The number of hydrogen-bond donors (Lipinski definition) is 1. The average molecular weight is 185 g/mol. The number of hydrogen-bond acceptors (Lipinski definition) is 3. The van der Waals surface area contributed by atoms with Crippen LogP contribution in [0.1, 0.15) is 39.0 Å². The summed E-state index contributed by atoms with van der Waals surface area (Å²) in [4.78, 5) is 0.